The molecule has 0 bridgehead atoms. The first-order valence-electron chi connectivity index (χ1n) is 32.6. The van der Waals surface area contributed by atoms with Crippen molar-refractivity contribution in [3.63, 3.8) is 0 Å². The quantitative estimate of drug-likeness (QED) is 0.0228. The predicted molar refractivity (Wildman–Crippen MR) is 322 cm³/mol. The number of hydrogen-bond donors (Lipinski definition) is 3. The Hall–Kier alpha value is -3.32. The summed E-state index contributed by atoms with van der Waals surface area (Å²) in [6.07, 6.45) is 55.0. The number of unbranched alkanes of at least 4 members (excludes halogenated alkanes) is 34. The summed E-state index contributed by atoms with van der Waals surface area (Å²) in [5.74, 6) is -3.12. The largest absolute Gasteiger partial charge is 0.479 e. The summed E-state index contributed by atoms with van der Waals surface area (Å²) in [5.41, 5.74) is 0. The minimum atomic E-state index is -1.91. The van der Waals surface area contributed by atoms with Gasteiger partial charge in [0, 0.05) is 19.3 Å². The first kappa shape index (κ1) is 73.7. The number of rotatable bonds is 56. The molecule has 3 N–H and O–H groups in total. The van der Waals surface area contributed by atoms with Crippen LogP contribution < -0.4 is 0 Å². The van der Waals surface area contributed by atoms with Crippen molar-refractivity contribution in [3.05, 3.63) is 48.6 Å². The summed E-state index contributed by atoms with van der Waals surface area (Å²) >= 11 is 0. The smallest absolute Gasteiger partial charge is 0.335 e. The number of aliphatic carboxylic acids is 1. The molecule has 12 heteroatoms. The summed E-state index contributed by atoms with van der Waals surface area (Å²) in [6.45, 7) is 5.94. The zero-order valence-electron chi connectivity index (χ0n) is 50.6. The van der Waals surface area contributed by atoms with Crippen LogP contribution in [0.5, 0.6) is 0 Å². The molecule has 6 atom stereocenters. The van der Waals surface area contributed by atoms with Crippen LogP contribution in [0, 0.1) is 0 Å². The fourth-order valence-electron chi connectivity index (χ4n) is 9.81. The van der Waals surface area contributed by atoms with Gasteiger partial charge in [0.2, 0.25) is 0 Å². The molecule has 1 rings (SSSR count). The molecule has 0 amide bonds. The van der Waals surface area contributed by atoms with E-state index in [0.29, 0.717) is 19.3 Å². The summed E-state index contributed by atoms with van der Waals surface area (Å²) in [7, 11) is 0. The molecule has 79 heavy (non-hydrogen) atoms. The van der Waals surface area contributed by atoms with Gasteiger partial charge >= 0.3 is 23.9 Å². The number of ether oxygens (including phenoxy) is 5. The highest BCUT2D eigenvalue weighted by Gasteiger charge is 2.50. The number of hydrogen-bond acceptors (Lipinski definition) is 11. The molecule has 12 nitrogen and oxygen atoms in total. The van der Waals surface area contributed by atoms with Crippen molar-refractivity contribution in [2.45, 2.75) is 340 Å². The average Bonchev–Trinajstić information content (AvgIpc) is 3.44. The molecule has 1 aliphatic heterocycles. The topological polar surface area (TPSA) is 175 Å². The van der Waals surface area contributed by atoms with Crippen molar-refractivity contribution < 1.29 is 58.2 Å². The number of allylic oxidation sites excluding steroid dienone is 8. The maximum Gasteiger partial charge on any atom is 0.335 e. The lowest BCUT2D eigenvalue weighted by Crippen LogP contribution is -2.61. The number of carbonyl (C=O) groups excluding carboxylic acids is 3. The average molecular weight is 1120 g/mol. The number of esters is 3. The first-order chi connectivity index (χ1) is 38.6. The zero-order valence-corrected chi connectivity index (χ0v) is 50.6. The van der Waals surface area contributed by atoms with E-state index in [1.54, 1.807) is 0 Å². The van der Waals surface area contributed by atoms with Gasteiger partial charge in [-0.15, -0.1) is 0 Å². The highest BCUT2D eigenvalue weighted by atomic mass is 16.7. The van der Waals surface area contributed by atoms with E-state index in [1.165, 1.54) is 141 Å². The molecule has 0 aromatic rings. The minimum Gasteiger partial charge on any atom is -0.479 e. The molecular formula is C67H118O12. The molecule has 0 spiro atoms. The highest BCUT2D eigenvalue weighted by Crippen LogP contribution is 2.27. The monoisotopic (exact) mass is 1110 g/mol. The molecular weight excluding hydrogens is 997 g/mol. The van der Waals surface area contributed by atoms with Gasteiger partial charge in [-0.2, -0.15) is 0 Å². The molecule has 1 fully saturated rings. The third kappa shape index (κ3) is 45.0. The normalized spacial score (nSPS) is 18.1. The van der Waals surface area contributed by atoms with Gasteiger partial charge in [-0.1, -0.05) is 236 Å². The first-order valence-corrected chi connectivity index (χ1v) is 32.6. The zero-order chi connectivity index (χ0) is 57.5. The van der Waals surface area contributed by atoms with Crippen LogP contribution in [0.15, 0.2) is 48.6 Å². The third-order valence-electron chi connectivity index (χ3n) is 14.8. The van der Waals surface area contributed by atoms with E-state index < -0.39 is 67.3 Å². The van der Waals surface area contributed by atoms with Gasteiger partial charge in [0.15, 0.2) is 24.6 Å². The van der Waals surface area contributed by atoms with Gasteiger partial charge in [0.1, 0.15) is 18.8 Å². The Balaban J connectivity index is 2.64. The van der Waals surface area contributed by atoms with Crippen LogP contribution in [0.3, 0.4) is 0 Å². The van der Waals surface area contributed by atoms with Crippen LogP contribution in [-0.4, -0.2) is 89.2 Å². The standard InChI is InChI=1S/C67H118O12/c1-4-7-10-13-16-19-22-25-27-29-30-32-33-36-38-41-44-47-50-53-59(68)75-56-58(77-60(69)54-51-48-45-42-39-35-24-21-18-15-12-9-6-3)57-76-67-65(63(72)62(71)64(79-67)66(73)74)78-61(70)55-52-49-46-43-40-37-34-31-28-26-23-20-17-14-11-8-5-2/h12,15,21,24-28,58,62-65,67,71-72H,4-11,13-14,16-20,22-23,29-57H2,1-3H3,(H,73,74)/b15-12-,24-21-,27-25-,28-26-. The van der Waals surface area contributed by atoms with E-state index >= 15 is 0 Å². The molecule has 0 aliphatic carbocycles. The third-order valence-corrected chi connectivity index (χ3v) is 14.8. The molecule has 458 valence electrons. The maximum absolute atomic E-state index is 13.2. The Kier molecular flexibility index (Phi) is 51.5. The van der Waals surface area contributed by atoms with Crippen LogP contribution in [-0.2, 0) is 42.9 Å². The van der Waals surface area contributed by atoms with Crippen LogP contribution in [0.25, 0.3) is 0 Å². The fourth-order valence-corrected chi connectivity index (χ4v) is 9.81. The number of aliphatic hydroxyl groups excluding tert-OH is 2. The Morgan fingerprint density at radius 1 is 0.418 bits per heavy atom. The van der Waals surface area contributed by atoms with E-state index in [-0.39, 0.29) is 25.9 Å². The molecule has 0 aromatic heterocycles. The lowest BCUT2D eigenvalue weighted by molar-refractivity contribution is -0.301. The number of aliphatic hydroxyl groups is 2. The summed E-state index contributed by atoms with van der Waals surface area (Å²) in [6, 6.07) is 0. The van der Waals surface area contributed by atoms with Crippen LogP contribution in [0.4, 0.5) is 0 Å². The molecule has 0 aromatic carbocycles. The fraction of sp³-hybridized carbons (Fsp3) is 0.821. The van der Waals surface area contributed by atoms with Gasteiger partial charge in [0.25, 0.3) is 0 Å². The Morgan fingerprint density at radius 3 is 1.20 bits per heavy atom. The van der Waals surface area contributed by atoms with Crippen LogP contribution >= 0.6 is 0 Å². The molecule has 1 saturated heterocycles. The lowest BCUT2D eigenvalue weighted by atomic mass is 9.98. The highest BCUT2D eigenvalue weighted by molar-refractivity contribution is 5.74. The van der Waals surface area contributed by atoms with Gasteiger partial charge < -0.3 is 39.0 Å². The van der Waals surface area contributed by atoms with Crippen molar-refractivity contribution in [3.8, 4) is 0 Å². The van der Waals surface area contributed by atoms with E-state index in [1.807, 2.05) is 0 Å². The Labute approximate surface area is 482 Å². The van der Waals surface area contributed by atoms with Crippen molar-refractivity contribution >= 4 is 23.9 Å². The molecule has 1 heterocycles. The van der Waals surface area contributed by atoms with E-state index in [4.69, 9.17) is 23.7 Å². The minimum absolute atomic E-state index is 0.0553. The van der Waals surface area contributed by atoms with Crippen molar-refractivity contribution in [2.75, 3.05) is 13.2 Å². The van der Waals surface area contributed by atoms with Gasteiger partial charge in [-0.25, -0.2) is 4.79 Å². The second-order valence-electron chi connectivity index (χ2n) is 22.4. The number of carboxylic acid groups (broad SMARTS) is 1. The van der Waals surface area contributed by atoms with Gasteiger partial charge in [-0.3, -0.25) is 14.4 Å². The second kappa shape index (κ2) is 55.2. The lowest BCUT2D eigenvalue weighted by Gasteiger charge is -2.40. The summed E-state index contributed by atoms with van der Waals surface area (Å²) in [4.78, 5) is 51.3. The Bertz CT molecular complexity index is 1560. The van der Waals surface area contributed by atoms with Crippen LogP contribution in [0.2, 0.25) is 0 Å². The SMILES string of the molecule is CCC/C=C\C/C=C\CCCCCCCC(=O)OC(COC(=O)CCCCCCCCCCC/C=C\CCCCCCCC)COC1OC(C(=O)O)C(O)C(O)C1OC(=O)CCCCCCCCC/C=C\CCCCCCCC. The molecule has 6 unspecified atom stereocenters. The summed E-state index contributed by atoms with van der Waals surface area (Å²) in [5, 5.41) is 31.6. The van der Waals surface area contributed by atoms with Crippen molar-refractivity contribution in [1.29, 1.82) is 0 Å². The van der Waals surface area contributed by atoms with Gasteiger partial charge in [-0.05, 0) is 96.3 Å². The van der Waals surface area contributed by atoms with E-state index in [9.17, 15) is 34.5 Å². The molecule has 0 radical (unpaired) electrons. The maximum atomic E-state index is 13.2. The predicted octanol–water partition coefficient (Wildman–Crippen LogP) is 17.3. The Morgan fingerprint density at radius 2 is 0.785 bits per heavy atom. The van der Waals surface area contributed by atoms with E-state index in [0.717, 1.165) is 103 Å². The second-order valence-corrected chi connectivity index (χ2v) is 22.4. The number of carboxylic acids is 1. The van der Waals surface area contributed by atoms with Crippen molar-refractivity contribution in [1.82, 2.24) is 0 Å². The van der Waals surface area contributed by atoms with Crippen molar-refractivity contribution in [2.24, 2.45) is 0 Å². The van der Waals surface area contributed by atoms with Gasteiger partial charge in [0.05, 0.1) is 6.61 Å². The summed E-state index contributed by atoms with van der Waals surface area (Å²) < 4.78 is 28.5. The number of carbonyl (C=O) groups is 4. The van der Waals surface area contributed by atoms with Crippen LogP contribution in [0.1, 0.15) is 303 Å². The van der Waals surface area contributed by atoms with E-state index in [2.05, 4.69) is 69.4 Å². The molecule has 1 aliphatic rings. The molecule has 0 saturated carbocycles.